The number of hydrogen-bond acceptors (Lipinski definition) is 4. The van der Waals surface area contributed by atoms with E-state index in [-0.39, 0.29) is 18.0 Å². The molecule has 2 unspecified atom stereocenters. The maximum Gasteiger partial charge on any atom is 0.253 e. The van der Waals surface area contributed by atoms with Crippen LogP contribution in [0.1, 0.15) is 28.9 Å². The van der Waals surface area contributed by atoms with Gasteiger partial charge in [-0.25, -0.2) is 0 Å². The Morgan fingerprint density at radius 3 is 2.63 bits per heavy atom. The van der Waals surface area contributed by atoms with Gasteiger partial charge in [0, 0.05) is 23.8 Å². The van der Waals surface area contributed by atoms with Crippen LogP contribution in [0.5, 0.6) is 0 Å². The Hall–Kier alpha value is -3.31. The molecule has 0 radical (unpaired) electrons. The summed E-state index contributed by atoms with van der Waals surface area (Å²) < 4.78 is 0. The van der Waals surface area contributed by atoms with Crippen molar-refractivity contribution >= 4 is 27.6 Å². The average molecular weight is 356 g/mol. The van der Waals surface area contributed by atoms with E-state index in [1.165, 1.54) is 0 Å². The molecule has 134 valence electrons. The van der Waals surface area contributed by atoms with E-state index in [9.17, 15) is 4.79 Å². The first kappa shape index (κ1) is 17.1. The van der Waals surface area contributed by atoms with Gasteiger partial charge >= 0.3 is 0 Å². The summed E-state index contributed by atoms with van der Waals surface area (Å²) in [4.78, 5) is 21.2. The number of amides is 1. The molecule has 0 saturated carbocycles. The van der Waals surface area contributed by atoms with Crippen LogP contribution in [0.3, 0.4) is 0 Å². The zero-order chi connectivity index (χ0) is 18.8. The molecule has 0 aliphatic rings. The van der Waals surface area contributed by atoms with E-state index in [0.29, 0.717) is 5.56 Å². The summed E-state index contributed by atoms with van der Waals surface area (Å²) in [6.45, 7) is 1.89. The molecule has 0 fully saturated rings. The zero-order valence-corrected chi connectivity index (χ0v) is 15.0. The number of nitrogens with one attached hydrogen (secondary N) is 1. The highest BCUT2D eigenvalue weighted by molar-refractivity contribution is 5.97. The summed E-state index contributed by atoms with van der Waals surface area (Å²) in [6, 6.07) is 17.4. The molecule has 5 heteroatoms. The summed E-state index contributed by atoms with van der Waals surface area (Å²) in [6.07, 6.45) is 4.93. The predicted octanol–water partition coefficient (Wildman–Crippen LogP) is 3.60. The first-order valence-corrected chi connectivity index (χ1v) is 8.87. The molecule has 3 N–H and O–H groups in total. The summed E-state index contributed by atoms with van der Waals surface area (Å²) in [5.74, 6) is -0.198. The monoisotopic (exact) mass is 356 g/mol. The van der Waals surface area contributed by atoms with Crippen molar-refractivity contribution in [1.82, 2.24) is 15.3 Å². The number of nitrogens with zero attached hydrogens (tertiary/aromatic N) is 2. The van der Waals surface area contributed by atoms with Gasteiger partial charge in [0.05, 0.1) is 23.3 Å². The largest absolute Gasteiger partial charge is 0.344 e. The minimum Gasteiger partial charge on any atom is -0.344 e. The van der Waals surface area contributed by atoms with Crippen LogP contribution in [0.25, 0.3) is 21.7 Å². The molecule has 5 nitrogen and oxygen atoms in total. The van der Waals surface area contributed by atoms with E-state index in [4.69, 9.17) is 5.73 Å². The van der Waals surface area contributed by atoms with Crippen molar-refractivity contribution in [3.63, 3.8) is 0 Å². The third-order valence-corrected chi connectivity index (χ3v) is 4.69. The lowest BCUT2D eigenvalue weighted by Gasteiger charge is -2.23. The Morgan fingerprint density at radius 1 is 1.00 bits per heavy atom. The molecule has 0 aliphatic carbocycles. The van der Waals surface area contributed by atoms with Crippen LogP contribution in [-0.2, 0) is 0 Å². The normalized spacial score (nSPS) is 13.4. The number of rotatable bonds is 4. The van der Waals surface area contributed by atoms with Gasteiger partial charge in [0.1, 0.15) is 0 Å². The lowest BCUT2D eigenvalue weighted by molar-refractivity contribution is 0.0931. The summed E-state index contributed by atoms with van der Waals surface area (Å²) >= 11 is 0. The van der Waals surface area contributed by atoms with Crippen molar-refractivity contribution in [2.75, 3.05) is 0 Å². The highest BCUT2D eigenvalue weighted by Gasteiger charge is 2.20. The second-order valence-electron chi connectivity index (χ2n) is 6.71. The highest BCUT2D eigenvalue weighted by Crippen LogP contribution is 2.23. The SMILES string of the molecule is CC(N)C(NC(=O)c1cnc2cnccc2c1)c1ccc2ccccc2c1. The van der Waals surface area contributed by atoms with Gasteiger partial charge in [-0.05, 0) is 41.5 Å². The quantitative estimate of drug-likeness (QED) is 0.585. The van der Waals surface area contributed by atoms with Gasteiger partial charge < -0.3 is 11.1 Å². The van der Waals surface area contributed by atoms with Crippen LogP contribution in [0, 0.1) is 0 Å². The highest BCUT2D eigenvalue weighted by atomic mass is 16.1. The number of hydrogen-bond donors (Lipinski definition) is 2. The van der Waals surface area contributed by atoms with Gasteiger partial charge in [-0.3, -0.25) is 14.8 Å². The Morgan fingerprint density at radius 2 is 1.81 bits per heavy atom. The maximum atomic E-state index is 12.8. The summed E-state index contributed by atoms with van der Waals surface area (Å²) in [5.41, 5.74) is 8.43. The molecule has 0 spiro atoms. The molecule has 2 heterocycles. The Balaban J connectivity index is 1.64. The van der Waals surface area contributed by atoms with E-state index in [1.54, 1.807) is 18.6 Å². The first-order valence-electron chi connectivity index (χ1n) is 8.87. The van der Waals surface area contributed by atoms with Crippen molar-refractivity contribution in [2.45, 2.75) is 19.0 Å². The van der Waals surface area contributed by atoms with Gasteiger partial charge in [-0.2, -0.15) is 0 Å². The molecule has 0 saturated heterocycles. The number of aromatic nitrogens is 2. The summed E-state index contributed by atoms with van der Waals surface area (Å²) in [7, 11) is 0. The topological polar surface area (TPSA) is 80.9 Å². The molecule has 2 atom stereocenters. The molecule has 0 aliphatic heterocycles. The van der Waals surface area contributed by atoms with Gasteiger partial charge in [-0.15, -0.1) is 0 Å². The van der Waals surface area contributed by atoms with Crippen LogP contribution >= 0.6 is 0 Å². The lowest BCUT2D eigenvalue weighted by Crippen LogP contribution is -2.39. The van der Waals surface area contributed by atoms with Crippen LogP contribution in [0.15, 0.2) is 73.2 Å². The molecule has 2 aromatic heterocycles. The Kier molecular flexibility index (Phi) is 4.52. The molecule has 4 rings (SSSR count). The van der Waals surface area contributed by atoms with E-state index in [1.807, 2.05) is 37.3 Å². The smallest absolute Gasteiger partial charge is 0.253 e. The molecule has 2 aromatic carbocycles. The third-order valence-electron chi connectivity index (χ3n) is 4.69. The molecule has 0 bridgehead atoms. The van der Waals surface area contributed by atoms with Crippen LogP contribution in [0.4, 0.5) is 0 Å². The number of pyridine rings is 2. The van der Waals surface area contributed by atoms with Crippen molar-refractivity contribution in [2.24, 2.45) is 5.73 Å². The molecule has 4 aromatic rings. The minimum atomic E-state index is -0.296. The molecular formula is C22H20N4O. The van der Waals surface area contributed by atoms with Gasteiger partial charge in [-0.1, -0.05) is 36.4 Å². The fourth-order valence-corrected chi connectivity index (χ4v) is 3.24. The summed E-state index contributed by atoms with van der Waals surface area (Å²) in [5, 5.41) is 6.21. The number of fused-ring (bicyclic) bond motifs is 2. The standard InChI is InChI=1S/C22H20N4O/c1-14(23)21(18-7-6-15-4-2-3-5-16(15)10-18)26-22(27)19-11-17-8-9-24-13-20(17)25-12-19/h2-14,21H,23H2,1H3,(H,26,27). The van der Waals surface area contributed by atoms with Crippen LogP contribution < -0.4 is 11.1 Å². The van der Waals surface area contributed by atoms with Gasteiger partial charge in [0.2, 0.25) is 0 Å². The second-order valence-corrected chi connectivity index (χ2v) is 6.71. The third kappa shape index (κ3) is 3.50. The van der Waals surface area contributed by atoms with Crippen molar-refractivity contribution < 1.29 is 4.79 Å². The fourth-order valence-electron chi connectivity index (χ4n) is 3.24. The molecule has 27 heavy (non-hydrogen) atoms. The van der Waals surface area contributed by atoms with Crippen LogP contribution in [0.2, 0.25) is 0 Å². The molecule has 1 amide bonds. The fraction of sp³-hybridized carbons (Fsp3) is 0.136. The average Bonchev–Trinajstić information content (AvgIpc) is 2.71. The predicted molar refractivity (Wildman–Crippen MR) is 107 cm³/mol. The maximum absolute atomic E-state index is 12.8. The van der Waals surface area contributed by atoms with Crippen LogP contribution in [-0.4, -0.2) is 21.9 Å². The Bertz CT molecular complexity index is 1120. The van der Waals surface area contributed by atoms with E-state index in [2.05, 4.69) is 39.6 Å². The number of carbonyl (C=O) groups excluding carboxylic acids is 1. The number of nitrogens with two attached hydrogens (primary N) is 1. The first-order chi connectivity index (χ1) is 13.1. The zero-order valence-electron chi connectivity index (χ0n) is 15.0. The number of carbonyl (C=O) groups is 1. The van der Waals surface area contributed by atoms with Crippen molar-refractivity contribution in [3.8, 4) is 0 Å². The minimum absolute atomic E-state index is 0.198. The van der Waals surface area contributed by atoms with Gasteiger partial charge in [0.15, 0.2) is 0 Å². The van der Waals surface area contributed by atoms with Crippen molar-refractivity contribution in [1.29, 1.82) is 0 Å². The molecular weight excluding hydrogens is 336 g/mol. The van der Waals surface area contributed by atoms with E-state index >= 15 is 0 Å². The second kappa shape index (κ2) is 7.13. The van der Waals surface area contributed by atoms with Gasteiger partial charge in [0.25, 0.3) is 5.91 Å². The Labute approximate surface area is 157 Å². The lowest BCUT2D eigenvalue weighted by atomic mass is 9.97. The number of benzene rings is 2. The van der Waals surface area contributed by atoms with Crippen molar-refractivity contribution in [3.05, 3.63) is 84.3 Å². The van der Waals surface area contributed by atoms with E-state index < -0.39 is 0 Å². The van der Waals surface area contributed by atoms with E-state index in [0.717, 1.165) is 27.2 Å².